The van der Waals surface area contributed by atoms with E-state index in [2.05, 4.69) is 49.3 Å². The van der Waals surface area contributed by atoms with Gasteiger partial charge in [0, 0.05) is 17.5 Å². The van der Waals surface area contributed by atoms with Crippen LogP contribution in [-0.2, 0) is 6.54 Å². The van der Waals surface area contributed by atoms with Crippen LogP contribution in [0.1, 0.15) is 25.3 Å². The van der Waals surface area contributed by atoms with Crippen LogP contribution >= 0.6 is 0 Å². The van der Waals surface area contributed by atoms with Crippen molar-refractivity contribution in [2.24, 2.45) is 5.10 Å². The number of nitrogens with zero attached hydrogens (tertiary/aromatic N) is 5. The summed E-state index contributed by atoms with van der Waals surface area (Å²) in [5.74, 6) is 1.11. The van der Waals surface area contributed by atoms with E-state index in [-0.39, 0.29) is 0 Å². The number of benzene rings is 2. The number of unbranched alkanes of at least 4 members (excludes halogenated alkanes) is 1. The zero-order chi connectivity index (χ0) is 19.3. The number of aromatic nitrogens is 4. The van der Waals surface area contributed by atoms with Crippen LogP contribution in [0.2, 0.25) is 0 Å². The molecule has 0 aliphatic rings. The van der Waals surface area contributed by atoms with E-state index >= 15 is 0 Å². The highest BCUT2D eigenvalue weighted by atomic mass is 16.5. The van der Waals surface area contributed by atoms with Gasteiger partial charge in [0.2, 0.25) is 0 Å². The average Bonchev–Trinajstić information content (AvgIpc) is 3.05. The van der Waals surface area contributed by atoms with Crippen molar-refractivity contribution in [3.8, 4) is 5.75 Å². The summed E-state index contributed by atoms with van der Waals surface area (Å²) >= 11 is 0. The van der Waals surface area contributed by atoms with Gasteiger partial charge in [0.1, 0.15) is 11.3 Å². The van der Waals surface area contributed by atoms with Gasteiger partial charge in [-0.3, -0.25) is 0 Å². The third-order valence-electron chi connectivity index (χ3n) is 4.62. The van der Waals surface area contributed by atoms with E-state index in [1.807, 2.05) is 36.4 Å². The average molecular weight is 374 g/mol. The van der Waals surface area contributed by atoms with Gasteiger partial charge in [-0.15, -0.1) is 10.2 Å². The molecule has 0 amide bonds. The fourth-order valence-electron chi connectivity index (χ4n) is 3.23. The standard InChI is InChI=1S/C21H22N6O/c1-3-4-13-27-17-11-7-6-10-16(17)19-20(27)23-21(26-24-19)25-22-14-15-9-5-8-12-18(15)28-2/h5-12,14H,3-4,13H2,1-2H3,(H,23,25,26)/b22-14+. The van der Waals surface area contributed by atoms with Gasteiger partial charge in [0.05, 0.1) is 18.8 Å². The Morgan fingerprint density at radius 2 is 1.93 bits per heavy atom. The smallest absolute Gasteiger partial charge is 0.265 e. The summed E-state index contributed by atoms with van der Waals surface area (Å²) in [6.07, 6.45) is 3.87. The van der Waals surface area contributed by atoms with Crippen LogP contribution in [0.15, 0.2) is 53.6 Å². The second-order valence-electron chi connectivity index (χ2n) is 6.44. The van der Waals surface area contributed by atoms with Crippen molar-refractivity contribution in [1.82, 2.24) is 19.7 Å². The van der Waals surface area contributed by atoms with Crippen molar-refractivity contribution in [3.63, 3.8) is 0 Å². The minimum absolute atomic E-state index is 0.360. The first kappa shape index (κ1) is 17.9. The van der Waals surface area contributed by atoms with E-state index in [0.717, 1.165) is 52.8 Å². The first-order chi connectivity index (χ1) is 13.8. The lowest BCUT2D eigenvalue weighted by Gasteiger charge is -2.06. The van der Waals surface area contributed by atoms with Crippen LogP contribution in [0.25, 0.3) is 22.1 Å². The van der Waals surface area contributed by atoms with Crippen LogP contribution in [-0.4, -0.2) is 33.1 Å². The predicted molar refractivity (Wildman–Crippen MR) is 112 cm³/mol. The molecule has 142 valence electrons. The maximum absolute atomic E-state index is 5.33. The Bertz CT molecular complexity index is 1130. The molecule has 0 saturated heterocycles. The molecule has 7 heteroatoms. The maximum Gasteiger partial charge on any atom is 0.265 e. The molecule has 0 fully saturated rings. The summed E-state index contributed by atoms with van der Waals surface area (Å²) in [5, 5.41) is 13.9. The third kappa shape index (κ3) is 3.38. The molecule has 0 bridgehead atoms. The number of hydrogen-bond donors (Lipinski definition) is 1. The molecular formula is C21H22N6O. The molecule has 4 aromatic rings. The van der Waals surface area contributed by atoms with Gasteiger partial charge >= 0.3 is 0 Å². The molecule has 2 heterocycles. The van der Waals surface area contributed by atoms with Crippen molar-refractivity contribution in [1.29, 1.82) is 0 Å². The quantitative estimate of drug-likeness (QED) is 0.387. The maximum atomic E-state index is 5.33. The van der Waals surface area contributed by atoms with Crippen LogP contribution in [0, 0.1) is 0 Å². The van der Waals surface area contributed by atoms with Crippen molar-refractivity contribution in [2.75, 3.05) is 12.5 Å². The lowest BCUT2D eigenvalue weighted by Crippen LogP contribution is -2.03. The third-order valence-corrected chi connectivity index (χ3v) is 4.62. The highest BCUT2D eigenvalue weighted by molar-refractivity contribution is 6.04. The molecule has 28 heavy (non-hydrogen) atoms. The molecule has 2 aromatic heterocycles. The number of hydrazone groups is 1. The first-order valence-corrected chi connectivity index (χ1v) is 9.35. The molecule has 1 N–H and O–H groups in total. The van der Waals surface area contributed by atoms with Gasteiger partial charge in [-0.2, -0.15) is 10.1 Å². The Kier molecular flexibility index (Phi) is 5.14. The number of fused-ring (bicyclic) bond motifs is 3. The van der Waals surface area contributed by atoms with Crippen molar-refractivity contribution < 1.29 is 4.74 Å². The van der Waals surface area contributed by atoms with E-state index in [1.54, 1.807) is 13.3 Å². The van der Waals surface area contributed by atoms with Crippen molar-refractivity contribution in [2.45, 2.75) is 26.3 Å². The minimum atomic E-state index is 0.360. The monoisotopic (exact) mass is 374 g/mol. The van der Waals surface area contributed by atoms with Gasteiger partial charge in [-0.25, -0.2) is 5.43 Å². The molecule has 0 saturated carbocycles. The zero-order valence-corrected chi connectivity index (χ0v) is 16.0. The van der Waals surface area contributed by atoms with Gasteiger partial charge in [-0.05, 0) is 24.6 Å². The number of hydrogen-bond acceptors (Lipinski definition) is 6. The van der Waals surface area contributed by atoms with Gasteiger partial charge < -0.3 is 9.30 Å². The molecule has 4 rings (SSSR count). The Morgan fingerprint density at radius 1 is 1.11 bits per heavy atom. The Labute approximate surface area is 163 Å². The van der Waals surface area contributed by atoms with Crippen LogP contribution in [0.3, 0.4) is 0 Å². The Hall–Kier alpha value is -3.48. The fraction of sp³-hybridized carbons (Fsp3) is 0.238. The van der Waals surface area contributed by atoms with Gasteiger partial charge in [0.15, 0.2) is 5.65 Å². The normalized spacial score (nSPS) is 11.5. The number of rotatable bonds is 7. The second kappa shape index (κ2) is 8.04. The number of nitrogens with one attached hydrogen (secondary N) is 1. The van der Waals surface area contributed by atoms with Crippen LogP contribution in [0.5, 0.6) is 5.75 Å². The molecule has 0 atom stereocenters. The Morgan fingerprint density at radius 3 is 2.79 bits per heavy atom. The Balaban J connectivity index is 1.67. The van der Waals surface area contributed by atoms with E-state index in [1.165, 1.54) is 0 Å². The fourth-order valence-corrected chi connectivity index (χ4v) is 3.23. The summed E-state index contributed by atoms with van der Waals surface area (Å²) in [6, 6.07) is 15.9. The number of methoxy groups -OCH3 is 1. The summed E-state index contributed by atoms with van der Waals surface area (Å²) in [6.45, 7) is 3.07. The van der Waals surface area contributed by atoms with Gasteiger partial charge in [0.25, 0.3) is 5.95 Å². The van der Waals surface area contributed by atoms with Gasteiger partial charge in [-0.1, -0.05) is 43.7 Å². The summed E-state index contributed by atoms with van der Waals surface area (Å²) in [5.41, 5.74) is 6.50. The lowest BCUT2D eigenvalue weighted by molar-refractivity contribution is 0.414. The second-order valence-corrected chi connectivity index (χ2v) is 6.44. The number of anilines is 1. The summed E-state index contributed by atoms with van der Waals surface area (Å²) in [7, 11) is 1.64. The largest absolute Gasteiger partial charge is 0.496 e. The van der Waals surface area contributed by atoms with E-state index in [9.17, 15) is 0 Å². The molecule has 0 radical (unpaired) electrons. The minimum Gasteiger partial charge on any atom is -0.496 e. The highest BCUT2D eigenvalue weighted by Crippen LogP contribution is 2.26. The molecule has 0 aliphatic heterocycles. The van der Waals surface area contributed by atoms with Crippen LogP contribution < -0.4 is 10.2 Å². The topological polar surface area (TPSA) is 77.2 Å². The summed E-state index contributed by atoms with van der Waals surface area (Å²) in [4.78, 5) is 4.67. The number of ether oxygens (including phenoxy) is 1. The van der Waals surface area contributed by atoms with E-state index < -0.39 is 0 Å². The van der Waals surface area contributed by atoms with Crippen molar-refractivity contribution in [3.05, 3.63) is 54.1 Å². The van der Waals surface area contributed by atoms with Crippen molar-refractivity contribution >= 4 is 34.2 Å². The molecule has 0 aliphatic carbocycles. The molecule has 0 spiro atoms. The molecular weight excluding hydrogens is 352 g/mol. The SMILES string of the molecule is CCCCn1c2ccccc2c2nnc(N/N=C/c3ccccc3OC)nc21. The number of aryl methyl sites for hydroxylation is 1. The highest BCUT2D eigenvalue weighted by Gasteiger charge is 2.14. The van der Waals surface area contributed by atoms with E-state index in [4.69, 9.17) is 4.74 Å². The first-order valence-electron chi connectivity index (χ1n) is 9.35. The number of para-hydroxylation sites is 2. The molecule has 7 nitrogen and oxygen atoms in total. The predicted octanol–water partition coefficient (Wildman–Crippen LogP) is 4.23. The van der Waals surface area contributed by atoms with E-state index in [0.29, 0.717) is 5.95 Å². The lowest BCUT2D eigenvalue weighted by atomic mass is 10.2. The molecule has 0 unspecified atom stereocenters. The summed E-state index contributed by atoms with van der Waals surface area (Å²) < 4.78 is 7.53. The van der Waals surface area contributed by atoms with Crippen LogP contribution in [0.4, 0.5) is 5.95 Å². The molecule has 2 aromatic carbocycles. The zero-order valence-electron chi connectivity index (χ0n) is 16.0.